The third-order valence-electron chi connectivity index (χ3n) is 2.21. The number of ether oxygens (including phenoxy) is 3. The van der Waals surface area contributed by atoms with Gasteiger partial charge in [0.1, 0.15) is 5.60 Å². The average molecular weight is 228 g/mol. The molecule has 1 aliphatic rings. The minimum atomic E-state index is -0.593. The Morgan fingerprint density at radius 2 is 2.19 bits per heavy atom. The van der Waals surface area contributed by atoms with Gasteiger partial charge in [0.05, 0.1) is 13.2 Å². The van der Waals surface area contributed by atoms with Gasteiger partial charge >= 0.3 is 11.9 Å². The van der Waals surface area contributed by atoms with Crippen molar-refractivity contribution in [2.75, 3.05) is 19.8 Å². The van der Waals surface area contributed by atoms with E-state index in [9.17, 15) is 9.59 Å². The molecule has 1 aliphatic heterocycles. The summed E-state index contributed by atoms with van der Waals surface area (Å²) in [7, 11) is 0. The van der Waals surface area contributed by atoms with Crippen LogP contribution in [0.25, 0.3) is 0 Å². The smallest absolute Gasteiger partial charge is 0.344 e. The van der Waals surface area contributed by atoms with Crippen molar-refractivity contribution < 1.29 is 23.8 Å². The van der Waals surface area contributed by atoms with Crippen molar-refractivity contribution in [3.8, 4) is 0 Å². The molecule has 0 aromatic heterocycles. The summed E-state index contributed by atoms with van der Waals surface area (Å²) in [6.07, 6.45) is 0.660. The Labute approximate surface area is 94.4 Å². The van der Waals surface area contributed by atoms with Crippen molar-refractivity contribution in [3.05, 3.63) is 12.2 Å². The molecule has 5 nitrogen and oxygen atoms in total. The Morgan fingerprint density at radius 1 is 1.50 bits per heavy atom. The van der Waals surface area contributed by atoms with E-state index in [4.69, 9.17) is 9.47 Å². The monoisotopic (exact) mass is 228 g/mol. The average Bonchev–Trinajstić information content (AvgIpc) is 2.60. The fraction of sp³-hybridized carbons (Fsp3) is 0.636. The topological polar surface area (TPSA) is 61.8 Å². The van der Waals surface area contributed by atoms with Crippen LogP contribution >= 0.6 is 0 Å². The first-order chi connectivity index (χ1) is 7.43. The lowest BCUT2D eigenvalue weighted by Crippen LogP contribution is -2.33. The fourth-order valence-electron chi connectivity index (χ4n) is 1.28. The molecule has 0 saturated carbocycles. The summed E-state index contributed by atoms with van der Waals surface area (Å²) in [6.45, 7) is 7.28. The molecule has 1 heterocycles. The summed E-state index contributed by atoms with van der Waals surface area (Å²) in [4.78, 5) is 22.4. The summed E-state index contributed by atoms with van der Waals surface area (Å²) < 4.78 is 15.0. The molecule has 5 heteroatoms. The first-order valence-corrected chi connectivity index (χ1v) is 5.05. The van der Waals surface area contributed by atoms with E-state index in [2.05, 4.69) is 11.3 Å². The van der Waals surface area contributed by atoms with Gasteiger partial charge in [-0.1, -0.05) is 6.58 Å². The molecule has 0 spiro atoms. The van der Waals surface area contributed by atoms with E-state index < -0.39 is 17.5 Å². The van der Waals surface area contributed by atoms with Crippen LogP contribution in [0.1, 0.15) is 20.3 Å². The highest BCUT2D eigenvalue weighted by Crippen LogP contribution is 2.22. The van der Waals surface area contributed by atoms with Crippen LogP contribution < -0.4 is 0 Å². The summed E-state index contributed by atoms with van der Waals surface area (Å²) in [5, 5.41) is 0. The van der Waals surface area contributed by atoms with Crippen LogP contribution in [0.5, 0.6) is 0 Å². The molecule has 0 aromatic rings. The van der Waals surface area contributed by atoms with Gasteiger partial charge in [-0.2, -0.15) is 0 Å². The van der Waals surface area contributed by atoms with Crippen LogP contribution in [-0.2, 0) is 23.8 Å². The van der Waals surface area contributed by atoms with Crippen LogP contribution in [0.2, 0.25) is 0 Å². The SMILES string of the molecule is C=C(C)C(=O)OCC(=O)OC1(C)CCOC1. The van der Waals surface area contributed by atoms with Crippen molar-refractivity contribution in [3.63, 3.8) is 0 Å². The van der Waals surface area contributed by atoms with Gasteiger partial charge < -0.3 is 14.2 Å². The maximum absolute atomic E-state index is 11.3. The van der Waals surface area contributed by atoms with Crippen LogP contribution in [0.3, 0.4) is 0 Å². The molecule has 0 N–H and O–H groups in total. The number of carbonyl (C=O) groups is 2. The van der Waals surface area contributed by atoms with Gasteiger partial charge in [0, 0.05) is 12.0 Å². The molecule has 0 aromatic carbocycles. The van der Waals surface area contributed by atoms with Crippen LogP contribution in [0.4, 0.5) is 0 Å². The number of hydrogen-bond donors (Lipinski definition) is 0. The van der Waals surface area contributed by atoms with E-state index in [0.29, 0.717) is 19.6 Å². The molecule has 90 valence electrons. The first-order valence-electron chi connectivity index (χ1n) is 5.05. The van der Waals surface area contributed by atoms with Gasteiger partial charge in [-0.05, 0) is 13.8 Å². The van der Waals surface area contributed by atoms with Crippen LogP contribution in [0.15, 0.2) is 12.2 Å². The summed E-state index contributed by atoms with van der Waals surface area (Å²) >= 11 is 0. The van der Waals surface area contributed by atoms with Crippen LogP contribution in [0, 0.1) is 0 Å². The van der Waals surface area contributed by atoms with E-state index >= 15 is 0 Å². The molecule has 1 atom stereocenters. The standard InChI is InChI=1S/C11H16O5/c1-8(2)10(13)15-6-9(12)16-11(3)4-5-14-7-11/h1,4-7H2,2-3H3. The minimum absolute atomic E-state index is 0.253. The summed E-state index contributed by atoms with van der Waals surface area (Å²) in [6, 6.07) is 0. The highest BCUT2D eigenvalue weighted by atomic mass is 16.6. The number of rotatable bonds is 4. The molecule has 1 saturated heterocycles. The second-order valence-corrected chi connectivity index (χ2v) is 4.08. The van der Waals surface area contributed by atoms with E-state index in [1.54, 1.807) is 6.92 Å². The van der Waals surface area contributed by atoms with Crippen molar-refractivity contribution in [2.45, 2.75) is 25.9 Å². The Hall–Kier alpha value is -1.36. The molecule has 0 amide bonds. The number of carbonyl (C=O) groups excluding carboxylic acids is 2. The van der Waals surface area contributed by atoms with Gasteiger partial charge in [0.25, 0.3) is 0 Å². The molecular weight excluding hydrogens is 212 g/mol. The van der Waals surface area contributed by atoms with E-state index in [0.717, 1.165) is 0 Å². The second kappa shape index (κ2) is 5.12. The van der Waals surface area contributed by atoms with Crippen molar-refractivity contribution in [1.29, 1.82) is 0 Å². The molecule has 0 aliphatic carbocycles. The largest absolute Gasteiger partial charge is 0.454 e. The zero-order chi connectivity index (χ0) is 12.2. The van der Waals surface area contributed by atoms with Crippen molar-refractivity contribution in [1.82, 2.24) is 0 Å². The predicted octanol–water partition coefficient (Wildman–Crippen LogP) is 0.828. The van der Waals surface area contributed by atoms with Gasteiger partial charge in [0.15, 0.2) is 6.61 Å². The maximum Gasteiger partial charge on any atom is 0.344 e. The Bertz CT molecular complexity index is 301. The van der Waals surface area contributed by atoms with Gasteiger partial charge in [-0.15, -0.1) is 0 Å². The number of esters is 2. The molecular formula is C11H16O5. The Morgan fingerprint density at radius 3 is 2.69 bits per heavy atom. The van der Waals surface area contributed by atoms with Gasteiger partial charge in [-0.25, -0.2) is 9.59 Å². The van der Waals surface area contributed by atoms with E-state index in [1.165, 1.54) is 6.92 Å². The lowest BCUT2D eigenvalue weighted by Gasteiger charge is -2.22. The molecule has 1 fully saturated rings. The summed E-state index contributed by atoms with van der Waals surface area (Å²) in [5.41, 5.74) is -0.338. The van der Waals surface area contributed by atoms with Gasteiger partial charge in [-0.3, -0.25) is 0 Å². The normalized spacial score (nSPS) is 23.9. The molecule has 1 rings (SSSR count). The number of hydrogen-bond acceptors (Lipinski definition) is 5. The zero-order valence-corrected chi connectivity index (χ0v) is 9.58. The second-order valence-electron chi connectivity index (χ2n) is 4.08. The quantitative estimate of drug-likeness (QED) is 0.526. The van der Waals surface area contributed by atoms with Crippen molar-refractivity contribution in [2.24, 2.45) is 0 Å². The third kappa shape index (κ3) is 3.66. The predicted molar refractivity (Wildman–Crippen MR) is 55.7 cm³/mol. The molecule has 1 unspecified atom stereocenters. The zero-order valence-electron chi connectivity index (χ0n) is 9.58. The highest BCUT2D eigenvalue weighted by Gasteiger charge is 2.33. The third-order valence-corrected chi connectivity index (χ3v) is 2.21. The Kier molecular flexibility index (Phi) is 4.06. The van der Waals surface area contributed by atoms with E-state index in [1.807, 2.05) is 0 Å². The van der Waals surface area contributed by atoms with E-state index in [-0.39, 0.29) is 12.2 Å². The fourth-order valence-corrected chi connectivity index (χ4v) is 1.28. The van der Waals surface area contributed by atoms with Gasteiger partial charge in [0.2, 0.25) is 0 Å². The summed E-state index contributed by atoms with van der Waals surface area (Å²) in [5.74, 6) is -1.16. The Balaban J connectivity index is 2.31. The minimum Gasteiger partial charge on any atom is -0.454 e. The molecule has 0 radical (unpaired) electrons. The molecule has 16 heavy (non-hydrogen) atoms. The molecule has 0 bridgehead atoms. The lowest BCUT2D eigenvalue weighted by molar-refractivity contribution is -0.167. The lowest BCUT2D eigenvalue weighted by atomic mass is 10.1. The first kappa shape index (κ1) is 12.7. The van der Waals surface area contributed by atoms with Crippen molar-refractivity contribution >= 4 is 11.9 Å². The van der Waals surface area contributed by atoms with Crippen LogP contribution in [-0.4, -0.2) is 37.4 Å². The highest BCUT2D eigenvalue weighted by molar-refractivity contribution is 5.88. The maximum atomic E-state index is 11.3.